The quantitative estimate of drug-likeness (QED) is 0.840. The van der Waals surface area contributed by atoms with E-state index < -0.39 is 23.9 Å². The second kappa shape index (κ2) is 5.29. The van der Waals surface area contributed by atoms with Gasteiger partial charge in [-0.15, -0.1) is 0 Å². The number of nitrogens with zero attached hydrogens (tertiary/aromatic N) is 1. The highest BCUT2D eigenvalue weighted by Gasteiger charge is 2.17. The number of carboxylic acids is 1. The van der Waals surface area contributed by atoms with Crippen LogP contribution in [0, 0.1) is 5.82 Å². The molecular formula is C11H13FN2O3. The van der Waals surface area contributed by atoms with Gasteiger partial charge in [-0.3, -0.25) is 9.69 Å². The minimum Gasteiger partial charge on any atom is -0.480 e. The molecule has 0 aliphatic rings. The number of hydrogen-bond acceptors (Lipinski definition) is 2. The molecule has 0 fully saturated rings. The van der Waals surface area contributed by atoms with E-state index in [2.05, 4.69) is 5.32 Å². The van der Waals surface area contributed by atoms with E-state index in [0.717, 1.165) is 0 Å². The second-order valence-electron chi connectivity index (χ2n) is 3.54. The molecule has 0 saturated heterocycles. The smallest absolute Gasteiger partial charge is 0.325 e. The number of halogens is 1. The molecule has 17 heavy (non-hydrogen) atoms. The van der Waals surface area contributed by atoms with E-state index >= 15 is 0 Å². The van der Waals surface area contributed by atoms with Crippen LogP contribution in [-0.2, 0) is 4.79 Å². The van der Waals surface area contributed by atoms with Crippen LogP contribution in [-0.4, -0.2) is 30.2 Å². The van der Waals surface area contributed by atoms with Gasteiger partial charge in [0.1, 0.15) is 11.9 Å². The molecule has 0 unspecified atom stereocenters. The Hall–Kier alpha value is -2.11. The van der Waals surface area contributed by atoms with Crippen LogP contribution >= 0.6 is 0 Å². The predicted octanol–water partition coefficient (Wildman–Crippen LogP) is 1.44. The number of nitrogens with one attached hydrogen (secondary N) is 1. The fraction of sp³-hybridized carbons (Fsp3) is 0.273. The normalized spacial score (nSPS) is 11.7. The van der Waals surface area contributed by atoms with Gasteiger partial charge in [-0.25, -0.2) is 9.18 Å². The summed E-state index contributed by atoms with van der Waals surface area (Å²) in [6, 6.07) is 3.76. The van der Waals surface area contributed by atoms with Crippen LogP contribution in [0.3, 0.4) is 0 Å². The van der Waals surface area contributed by atoms with Gasteiger partial charge in [-0.1, -0.05) is 0 Å². The molecule has 0 aromatic heterocycles. The Morgan fingerprint density at radius 2 is 1.88 bits per heavy atom. The zero-order valence-corrected chi connectivity index (χ0v) is 9.48. The Morgan fingerprint density at radius 1 is 1.35 bits per heavy atom. The molecule has 1 aromatic carbocycles. The van der Waals surface area contributed by atoms with Crippen LogP contribution < -0.4 is 10.2 Å². The van der Waals surface area contributed by atoms with Crippen LogP contribution in [0.25, 0.3) is 0 Å². The molecule has 6 heteroatoms. The lowest BCUT2D eigenvalue weighted by molar-refractivity contribution is -0.138. The Kier molecular flexibility index (Phi) is 4.03. The second-order valence-corrected chi connectivity index (χ2v) is 3.54. The number of carbonyl (C=O) groups is 2. The first-order valence-electron chi connectivity index (χ1n) is 4.94. The number of aliphatic carboxylic acids is 1. The topological polar surface area (TPSA) is 69.6 Å². The molecule has 0 aliphatic carbocycles. The number of rotatable bonds is 3. The minimum absolute atomic E-state index is 0.401. The monoisotopic (exact) mass is 240 g/mol. The zero-order valence-electron chi connectivity index (χ0n) is 9.48. The Balaban J connectivity index is 2.70. The summed E-state index contributed by atoms with van der Waals surface area (Å²) in [5.74, 6) is -1.52. The van der Waals surface area contributed by atoms with Crippen molar-refractivity contribution in [1.82, 2.24) is 5.32 Å². The number of anilines is 1. The number of benzene rings is 1. The summed E-state index contributed by atoms with van der Waals surface area (Å²) in [5.41, 5.74) is 0.474. The molecule has 1 aromatic rings. The van der Waals surface area contributed by atoms with Crippen molar-refractivity contribution in [3.63, 3.8) is 0 Å². The summed E-state index contributed by atoms with van der Waals surface area (Å²) in [6.45, 7) is 1.36. The maximum atomic E-state index is 12.7. The highest BCUT2D eigenvalue weighted by molar-refractivity contribution is 5.93. The fourth-order valence-corrected chi connectivity index (χ4v) is 1.13. The third kappa shape index (κ3) is 3.44. The SMILES string of the molecule is C[C@H](NC(=O)N(C)c1ccc(F)cc1)C(=O)O. The van der Waals surface area contributed by atoms with E-state index in [1.54, 1.807) is 0 Å². The molecule has 0 bridgehead atoms. The minimum atomic E-state index is -1.12. The maximum absolute atomic E-state index is 12.7. The first-order valence-corrected chi connectivity index (χ1v) is 4.94. The average molecular weight is 240 g/mol. The number of carboxylic acid groups (broad SMARTS) is 1. The summed E-state index contributed by atoms with van der Waals surface area (Å²) in [6.07, 6.45) is 0. The molecular weight excluding hydrogens is 227 g/mol. The van der Waals surface area contributed by atoms with Crippen LogP contribution in [0.5, 0.6) is 0 Å². The number of hydrogen-bond donors (Lipinski definition) is 2. The van der Waals surface area contributed by atoms with Crippen molar-refractivity contribution < 1.29 is 19.1 Å². The van der Waals surface area contributed by atoms with Gasteiger partial charge < -0.3 is 10.4 Å². The van der Waals surface area contributed by atoms with Crippen molar-refractivity contribution in [2.45, 2.75) is 13.0 Å². The molecule has 0 heterocycles. The van der Waals surface area contributed by atoms with E-state index in [9.17, 15) is 14.0 Å². The standard InChI is InChI=1S/C11H13FN2O3/c1-7(10(15)16)13-11(17)14(2)9-5-3-8(12)4-6-9/h3-7H,1-2H3,(H,13,17)(H,15,16)/t7-/m0/s1. The van der Waals surface area contributed by atoms with Gasteiger partial charge in [0.25, 0.3) is 0 Å². The third-order valence-corrected chi connectivity index (χ3v) is 2.23. The lowest BCUT2D eigenvalue weighted by atomic mass is 10.3. The highest BCUT2D eigenvalue weighted by atomic mass is 19.1. The predicted molar refractivity (Wildman–Crippen MR) is 60.4 cm³/mol. The third-order valence-electron chi connectivity index (χ3n) is 2.23. The molecule has 0 radical (unpaired) electrons. The number of urea groups is 1. The summed E-state index contributed by atoms with van der Waals surface area (Å²) < 4.78 is 12.7. The Morgan fingerprint density at radius 3 is 2.35 bits per heavy atom. The number of carbonyl (C=O) groups excluding carboxylic acids is 1. The largest absolute Gasteiger partial charge is 0.480 e. The van der Waals surface area contributed by atoms with Gasteiger partial charge >= 0.3 is 12.0 Å². The van der Waals surface area contributed by atoms with Gasteiger partial charge in [-0.05, 0) is 31.2 Å². The van der Waals surface area contributed by atoms with Crippen LogP contribution in [0.2, 0.25) is 0 Å². The summed E-state index contributed by atoms with van der Waals surface area (Å²) in [7, 11) is 1.47. The van der Waals surface area contributed by atoms with Crippen LogP contribution in [0.4, 0.5) is 14.9 Å². The van der Waals surface area contributed by atoms with Gasteiger partial charge in [-0.2, -0.15) is 0 Å². The Labute approximate surface area is 97.8 Å². The van der Waals surface area contributed by atoms with Gasteiger partial charge in [0.15, 0.2) is 0 Å². The molecule has 2 N–H and O–H groups in total. The zero-order chi connectivity index (χ0) is 13.0. The van der Waals surface area contributed by atoms with Crippen molar-refractivity contribution in [2.75, 3.05) is 11.9 Å². The lowest BCUT2D eigenvalue weighted by Crippen LogP contribution is -2.45. The Bertz CT molecular complexity index is 419. The van der Waals surface area contributed by atoms with E-state index in [4.69, 9.17) is 5.11 Å². The fourth-order valence-electron chi connectivity index (χ4n) is 1.13. The molecule has 0 spiro atoms. The molecule has 1 rings (SSSR count). The van der Waals surface area contributed by atoms with Crippen molar-refractivity contribution in [1.29, 1.82) is 0 Å². The maximum Gasteiger partial charge on any atom is 0.325 e. The van der Waals surface area contributed by atoms with E-state index in [1.807, 2.05) is 0 Å². The molecule has 0 saturated carbocycles. The summed E-state index contributed by atoms with van der Waals surface area (Å²) >= 11 is 0. The van der Waals surface area contributed by atoms with Crippen molar-refractivity contribution in [3.8, 4) is 0 Å². The first kappa shape index (κ1) is 13.0. The summed E-state index contributed by atoms with van der Waals surface area (Å²) in [4.78, 5) is 23.4. The molecule has 1 atom stereocenters. The number of amides is 2. The van der Waals surface area contributed by atoms with Gasteiger partial charge in [0.05, 0.1) is 0 Å². The van der Waals surface area contributed by atoms with Crippen molar-refractivity contribution in [2.24, 2.45) is 0 Å². The first-order chi connectivity index (χ1) is 7.91. The van der Waals surface area contributed by atoms with Crippen molar-refractivity contribution in [3.05, 3.63) is 30.1 Å². The van der Waals surface area contributed by atoms with Crippen molar-refractivity contribution >= 4 is 17.7 Å². The highest BCUT2D eigenvalue weighted by Crippen LogP contribution is 2.13. The van der Waals surface area contributed by atoms with Crippen LogP contribution in [0.1, 0.15) is 6.92 Å². The molecule has 5 nitrogen and oxygen atoms in total. The lowest BCUT2D eigenvalue weighted by Gasteiger charge is -2.19. The summed E-state index contributed by atoms with van der Waals surface area (Å²) in [5, 5.41) is 10.9. The molecule has 0 aliphatic heterocycles. The average Bonchev–Trinajstić information content (AvgIpc) is 2.28. The molecule has 2 amide bonds. The van der Waals surface area contributed by atoms with E-state index in [0.29, 0.717) is 5.69 Å². The van der Waals surface area contributed by atoms with E-state index in [1.165, 1.54) is 43.1 Å². The molecule has 92 valence electrons. The van der Waals surface area contributed by atoms with E-state index in [-0.39, 0.29) is 0 Å². The van der Waals surface area contributed by atoms with Crippen LogP contribution in [0.15, 0.2) is 24.3 Å². The van der Waals surface area contributed by atoms with Gasteiger partial charge in [0, 0.05) is 12.7 Å². The van der Waals surface area contributed by atoms with Gasteiger partial charge in [0.2, 0.25) is 0 Å².